The molecule has 0 aliphatic carbocycles. The quantitative estimate of drug-likeness (QED) is 0.366. The topological polar surface area (TPSA) is 93.2 Å². The van der Waals surface area contributed by atoms with E-state index in [1.807, 2.05) is 0 Å². The smallest absolute Gasteiger partial charge is 0.417 e. The number of ether oxygens (including phenoxy) is 1. The average molecular weight is 501 g/mol. The van der Waals surface area contributed by atoms with E-state index < -0.39 is 22.7 Å². The molecule has 0 bridgehead atoms. The van der Waals surface area contributed by atoms with Gasteiger partial charge in [-0.3, -0.25) is 14.6 Å². The minimum Gasteiger partial charge on any atom is -0.457 e. The standard InChI is InChI=1S/C24H16ClF3N4O3/c1-29-23(34)19-12-14(9-10-30-19)35-20-4-2-3-18-15(20)6-8-21(31-18)32-22(33)13-5-7-17(25)16(11-13)24(26,27)28/h2-12H,1H3,(H,29,34)(H,31,32,33). The molecule has 0 spiro atoms. The number of halogens is 4. The summed E-state index contributed by atoms with van der Waals surface area (Å²) in [4.78, 5) is 32.7. The van der Waals surface area contributed by atoms with Crippen molar-refractivity contribution in [3.8, 4) is 11.5 Å². The molecular weight excluding hydrogens is 485 g/mol. The third-order valence-corrected chi connectivity index (χ3v) is 5.22. The van der Waals surface area contributed by atoms with E-state index in [0.717, 1.165) is 6.07 Å². The Bertz CT molecular complexity index is 1440. The number of fused-ring (bicyclic) bond motifs is 1. The number of nitrogens with one attached hydrogen (secondary N) is 2. The highest BCUT2D eigenvalue weighted by Gasteiger charge is 2.33. The first kappa shape index (κ1) is 24.0. The van der Waals surface area contributed by atoms with Crippen LogP contribution in [0.15, 0.2) is 66.9 Å². The molecule has 0 saturated heterocycles. The van der Waals surface area contributed by atoms with Crippen molar-refractivity contribution in [2.75, 3.05) is 12.4 Å². The van der Waals surface area contributed by atoms with Crippen molar-refractivity contribution in [3.63, 3.8) is 0 Å². The lowest BCUT2D eigenvalue weighted by molar-refractivity contribution is -0.137. The van der Waals surface area contributed by atoms with Crippen LogP contribution in [-0.2, 0) is 6.18 Å². The highest BCUT2D eigenvalue weighted by Crippen LogP contribution is 2.35. The van der Waals surface area contributed by atoms with E-state index in [4.69, 9.17) is 16.3 Å². The van der Waals surface area contributed by atoms with Crippen LogP contribution < -0.4 is 15.4 Å². The predicted octanol–water partition coefficient (Wildman–Crippen LogP) is 5.71. The minimum absolute atomic E-state index is 0.133. The van der Waals surface area contributed by atoms with Crippen molar-refractivity contribution < 1.29 is 27.5 Å². The van der Waals surface area contributed by atoms with Gasteiger partial charge in [0.25, 0.3) is 11.8 Å². The number of pyridine rings is 2. The summed E-state index contributed by atoms with van der Waals surface area (Å²) in [7, 11) is 1.49. The van der Waals surface area contributed by atoms with Crippen LogP contribution in [0, 0.1) is 0 Å². The van der Waals surface area contributed by atoms with Gasteiger partial charge in [-0.05, 0) is 48.5 Å². The first-order valence-corrected chi connectivity index (χ1v) is 10.5. The molecule has 2 amide bonds. The van der Waals surface area contributed by atoms with Crippen LogP contribution in [-0.4, -0.2) is 28.8 Å². The van der Waals surface area contributed by atoms with Crippen molar-refractivity contribution in [3.05, 3.63) is 88.7 Å². The number of nitrogens with zero attached hydrogens (tertiary/aromatic N) is 2. The maximum atomic E-state index is 13.1. The van der Waals surface area contributed by atoms with Gasteiger partial charge in [0.15, 0.2) is 0 Å². The lowest BCUT2D eigenvalue weighted by Gasteiger charge is -2.12. The molecular formula is C24H16ClF3N4O3. The molecule has 0 aliphatic heterocycles. The van der Waals surface area contributed by atoms with Crippen LogP contribution in [0.25, 0.3) is 10.9 Å². The van der Waals surface area contributed by atoms with Crippen LogP contribution in [0.1, 0.15) is 26.4 Å². The molecule has 0 radical (unpaired) electrons. The number of aromatic nitrogens is 2. The molecule has 0 saturated carbocycles. The van der Waals surface area contributed by atoms with E-state index >= 15 is 0 Å². The second kappa shape index (κ2) is 9.59. The molecule has 4 aromatic rings. The summed E-state index contributed by atoms with van der Waals surface area (Å²) < 4.78 is 45.2. The third kappa shape index (κ3) is 5.33. The summed E-state index contributed by atoms with van der Waals surface area (Å²) in [6.07, 6.45) is -3.25. The van der Waals surface area contributed by atoms with Crippen molar-refractivity contribution in [1.29, 1.82) is 0 Å². The minimum atomic E-state index is -4.69. The molecule has 11 heteroatoms. The van der Waals surface area contributed by atoms with E-state index in [1.54, 1.807) is 30.3 Å². The lowest BCUT2D eigenvalue weighted by Crippen LogP contribution is -2.18. The van der Waals surface area contributed by atoms with Crippen molar-refractivity contribution in [2.45, 2.75) is 6.18 Å². The Labute approximate surface area is 201 Å². The molecule has 2 aromatic carbocycles. The number of anilines is 1. The summed E-state index contributed by atoms with van der Waals surface area (Å²) in [6, 6.07) is 14.2. The normalized spacial score (nSPS) is 11.2. The number of amides is 2. The number of hydrogen-bond donors (Lipinski definition) is 2. The molecule has 4 rings (SSSR count). The van der Waals surface area contributed by atoms with Crippen LogP contribution in [0.2, 0.25) is 5.02 Å². The summed E-state index contributed by atoms with van der Waals surface area (Å²) in [6.45, 7) is 0. The zero-order chi connectivity index (χ0) is 25.2. The summed E-state index contributed by atoms with van der Waals surface area (Å²) in [5.74, 6) is -0.182. The van der Waals surface area contributed by atoms with Crippen LogP contribution in [0.4, 0.5) is 19.0 Å². The summed E-state index contributed by atoms with van der Waals surface area (Å²) in [5.41, 5.74) is -0.668. The molecule has 0 aliphatic rings. The van der Waals surface area contributed by atoms with Gasteiger partial charge in [0.05, 0.1) is 16.1 Å². The second-order valence-electron chi connectivity index (χ2n) is 7.22. The molecule has 2 aromatic heterocycles. The molecule has 7 nitrogen and oxygen atoms in total. The molecule has 0 atom stereocenters. The maximum absolute atomic E-state index is 13.1. The largest absolute Gasteiger partial charge is 0.457 e. The van der Waals surface area contributed by atoms with Gasteiger partial charge >= 0.3 is 6.18 Å². The fourth-order valence-electron chi connectivity index (χ4n) is 3.21. The van der Waals surface area contributed by atoms with E-state index in [1.165, 1.54) is 31.4 Å². The zero-order valence-electron chi connectivity index (χ0n) is 18.0. The highest BCUT2D eigenvalue weighted by molar-refractivity contribution is 6.31. The van der Waals surface area contributed by atoms with Gasteiger partial charge in [-0.1, -0.05) is 17.7 Å². The Morgan fingerprint density at radius 1 is 1.00 bits per heavy atom. The second-order valence-corrected chi connectivity index (χ2v) is 7.63. The van der Waals surface area contributed by atoms with Crippen LogP contribution in [0.3, 0.4) is 0 Å². The number of carbonyl (C=O) groups excluding carboxylic acids is 2. The zero-order valence-corrected chi connectivity index (χ0v) is 18.7. The summed E-state index contributed by atoms with van der Waals surface area (Å²) >= 11 is 5.62. The van der Waals surface area contributed by atoms with Gasteiger partial charge in [0.2, 0.25) is 0 Å². The number of alkyl halides is 3. The van der Waals surface area contributed by atoms with E-state index in [2.05, 4.69) is 20.6 Å². The van der Waals surface area contributed by atoms with Gasteiger partial charge in [-0.15, -0.1) is 0 Å². The lowest BCUT2D eigenvalue weighted by atomic mass is 10.1. The van der Waals surface area contributed by atoms with Crippen LogP contribution in [0.5, 0.6) is 11.5 Å². The van der Waals surface area contributed by atoms with Gasteiger partial charge in [0.1, 0.15) is 23.0 Å². The van der Waals surface area contributed by atoms with Crippen molar-refractivity contribution >= 4 is 40.1 Å². The van der Waals surface area contributed by atoms with Crippen LogP contribution >= 0.6 is 11.6 Å². The Hall–Kier alpha value is -4.18. The maximum Gasteiger partial charge on any atom is 0.417 e. The van der Waals surface area contributed by atoms with Crippen molar-refractivity contribution in [2.24, 2.45) is 0 Å². The number of hydrogen-bond acceptors (Lipinski definition) is 5. The van der Waals surface area contributed by atoms with E-state index in [9.17, 15) is 22.8 Å². The Morgan fingerprint density at radius 3 is 2.54 bits per heavy atom. The van der Waals surface area contributed by atoms with E-state index in [0.29, 0.717) is 28.5 Å². The summed E-state index contributed by atoms with van der Waals surface area (Å²) in [5, 5.41) is 5.08. The van der Waals surface area contributed by atoms with Gasteiger partial charge in [-0.25, -0.2) is 4.98 Å². The first-order chi connectivity index (χ1) is 16.7. The molecule has 2 N–H and O–H groups in total. The fraction of sp³-hybridized carbons (Fsp3) is 0.0833. The molecule has 0 fully saturated rings. The van der Waals surface area contributed by atoms with E-state index in [-0.39, 0.29) is 23.0 Å². The first-order valence-electron chi connectivity index (χ1n) is 10.1. The Balaban J connectivity index is 1.58. The number of rotatable bonds is 5. The molecule has 2 heterocycles. The fourth-order valence-corrected chi connectivity index (χ4v) is 3.44. The van der Waals surface area contributed by atoms with Gasteiger partial charge in [-0.2, -0.15) is 13.2 Å². The Morgan fingerprint density at radius 2 is 1.80 bits per heavy atom. The molecule has 35 heavy (non-hydrogen) atoms. The predicted molar refractivity (Wildman–Crippen MR) is 124 cm³/mol. The average Bonchev–Trinajstić information content (AvgIpc) is 2.83. The van der Waals surface area contributed by atoms with Crippen molar-refractivity contribution in [1.82, 2.24) is 15.3 Å². The monoisotopic (exact) mass is 500 g/mol. The van der Waals surface area contributed by atoms with Gasteiger partial charge < -0.3 is 15.4 Å². The number of carbonyl (C=O) groups is 2. The molecule has 178 valence electrons. The molecule has 0 unspecified atom stereocenters. The Kier molecular flexibility index (Phi) is 6.57. The van der Waals surface area contributed by atoms with Gasteiger partial charge in [0, 0.05) is 30.3 Å². The third-order valence-electron chi connectivity index (χ3n) is 4.89. The number of benzene rings is 2. The highest BCUT2D eigenvalue weighted by atomic mass is 35.5. The SMILES string of the molecule is CNC(=O)c1cc(Oc2cccc3nc(NC(=O)c4ccc(Cl)c(C(F)(F)F)c4)ccc23)ccn1.